The highest BCUT2D eigenvalue weighted by molar-refractivity contribution is 5.79. The van der Waals surface area contributed by atoms with Crippen LogP contribution in [0.1, 0.15) is 19.8 Å². The van der Waals surface area contributed by atoms with Gasteiger partial charge in [-0.05, 0) is 26.3 Å². The van der Waals surface area contributed by atoms with Gasteiger partial charge in [-0.15, -0.1) is 0 Å². The van der Waals surface area contributed by atoms with Crippen molar-refractivity contribution in [2.45, 2.75) is 25.9 Å². The summed E-state index contributed by atoms with van der Waals surface area (Å²) in [7, 11) is 0. The Balaban J connectivity index is 2.22. The van der Waals surface area contributed by atoms with Gasteiger partial charge in [0.25, 0.3) is 0 Å². The van der Waals surface area contributed by atoms with Crippen molar-refractivity contribution < 1.29 is 9.53 Å². The molecule has 4 nitrogen and oxygen atoms in total. The molecule has 0 aromatic rings. The van der Waals surface area contributed by atoms with Gasteiger partial charge in [-0.2, -0.15) is 0 Å². The van der Waals surface area contributed by atoms with E-state index < -0.39 is 0 Å². The molecule has 3 N–H and O–H groups in total. The number of amides is 1. The molecule has 0 aromatic heterocycles. The van der Waals surface area contributed by atoms with E-state index in [2.05, 4.69) is 5.32 Å². The second kappa shape index (κ2) is 5.19. The Labute approximate surface area is 78.8 Å². The molecule has 0 radical (unpaired) electrons. The number of hydrogen-bond donors (Lipinski definition) is 2. The summed E-state index contributed by atoms with van der Waals surface area (Å²) in [5, 5.41) is 2.86. The lowest BCUT2D eigenvalue weighted by atomic mass is 10.0. The number of ether oxygens (including phenoxy) is 1. The smallest absolute Gasteiger partial charge is 0.225 e. The van der Waals surface area contributed by atoms with Gasteiger partial charge in [0.05, 0.1) is 12.0 Å². The first-order valence-corrected chi connectivity index (χ1v) is 4.85. The highest BCUT2D eigenvalue weighted by Crippen LogP contribution is 2.20. The van der Waals surface area contributed by atoms with E-state index in [1.54, 1.807) is 0 Å². The van der Waals surface area contributed by atoms with Crippen molar-refractivity contribution in [3.05, 3.63) is 0 Å². The number of carbonyl (C=O) groups is 1. The van der Waals surface area contributed by atoms with Crippen molar-refractivity contribution in [3.8, 4) is 0 Å². The van der Waals surface area contributed by atoms with Gasteiger partial charge < -0.3 is 15.8 Å². The minimum atomic E-state index is 0.0396. The quantitative estimate of drug-likeness (QED) is 0.601. The van der Waals surface area contributed by atoms with Crippen molar-refractivity contribution in [1.82, 2.24) is 5.32 Å². The lowest BCUT2D eigenvalue weighted by molar-refractivity contribution is -0.126. The largest absolute Gasteiger partial charge is 0.378 e. The van der Waals surface area contributed by atoms with Crippen LogP contribution in [0.2, 0.25) is 0 Å². The zero-order valence-corrected chi connectivity index (χ0v) is 8.08. The summed E-state index contributed by atoms with van der Waals surface area (Å²) in [6.07, 6.45) is 1.75. The molecule has 13 heavy (non-hydrogen) atoms. The van der Waals surface area contributed by atoms with Gasteiger partial charge in [0.2, 0.25) is 5.91 Å². The molecule has 1 heterocycles. The molecule has 0 aromatic carbocycles. The van der Waals surface area contributed by atoms with Crippen LogP contribution < -0.4 is 11.1 Å². The highest BCUT2D eigenvalue weighted by Gasteiger charge is 2.30. The van der Waals surface area contributed by atoms with Crippen LogP contribution in [0.4, 0.5) is 0 Å². The van der Waals surface area contributed by atoms with Crippen molar-refractivity contribution in [1.29, 1.82) is 0 Å². The van der Waals surface area contributed by atoms with Crippen molar-refractivity contribution >= 4 is 5.91 Å². The Hall–Kier alpha value is -0.610. The molecule has 1 amide bonds. The van der Waals surface area contributed by atoms with E-state index in [-0.39, 0.29) is 17.9 Å². The number of nitrogens with one attached hydrogen (secondary N) is 1. The molecular weight excluding hydrogens is 168 g/mol. The van der Waals surface area contributed by atoms with E-state index in [0.29, 0.717) is 19.7 Å². The van der Waals surface area contributed by atoms with Crippen molar-refractivity contribution in [3.63, 3.8) is 0 Å². The predicted octanol–water partition coefficient (Wildman–Crippen LogP) is -0.124. The SMILES string of the molecule is CC1OCCC1C(=O)NCCCN. The van der Waals surface area contributed by atoms with Crippen LogP contribution in [0.5, 0.6) is 0 Å². The van der Waals surface area contributed by atoms with Gasteiger partial charge in [0.15, 0.2) is 0 Å². The Morgan fingerprint density at radius 1 is 1.69 bits per heavy atom. The zero-order chi connectivity index (χ0) is 9.68. The molecule has 1 aliphatic heterocycles. The molecule has 4 heteroatoms. The van der Waals surface area contributed by atoms with Crippen LogP contribution in [0.3, 0.4) is 0 Å². The maximum absolute atomic E-state index is 11.5. The van der Waals surface area contributed by atoms with Crippen LogP contribution in [0.25, 0.3) is 0 Å². The molecule has 0 aliphatic carbocycles. The Morgan fingerprint density at radius 3 is 3.00 bits per heavy atom. The van der Waals surface area contributed by atoms with Crippen LogP contribution >= 0.6 is 0 Å². The Kier molecular flexibility index (Phi) is 4.18. The van der Waals surface area contributed by atoms with Gasteiger partial charge in [0, 0.05) is 13.2 Å². The Morgan fingerprint density at radius 2 is 2.46 bits per heavy atom. The van der Waals surface area contributed by atoms with Gasteiger partial charge in [-0.1, -0.05) is 0 Å². The molecule has 1 saturated heterocycles. The maximum atomic E-state index is 11.5. The van der Waals surface area contributed by atoms with E-state index in [0.717, 1.165) is 12.8 Å². The van der Waals surface area contributed by atoms with Crippen molar-refractivity contribution in [2.75, 3.05) is 19.7 Å². The molecule has 2 atom stereocenters. The first kappa shape index (κ1) is 10.5. The zero-order valence-electron chi connectivity index (χ0n) is 8.08. The van der Waals surface area contributed by atoms with E-state index in [1.807, 2.05) is 6.92 Å². The molecule has 0 saturated carbocycles. The second-order valence-corrected chi connectivity index (χ2v) is 3.40. The number of carbonyl (C=O) groups excluding carboxylic acids is 1. The van der Waals surface area contributed by atoms with Gasteiger partial charge >= 0.3 is 0 Å². The normalized spacial score (nSPS) is 27.5. The van der Waals surface area contributed by atoms with E-state index >= 15 is 0 Å². The molecule has 1 fully saturated rings. The van der Waals surface area contributed by atoms with Crippen LogP contribution in [0, 0.1) is 5.92 Å². The van der Waals surface area contributed by atoms with Gasteiger partial charge in [-0.3, -0.25) is 4.79 Å². The summed E-state index contributed by atoms with van der Waals surface area (Å²) in [5.41, 5.74) is 5.32. The fraction of sp³-hybridized carbons (Fsp3) is 0.889. The van der Waals surface area contributed by atoms with Gasteiger partial charge in [0.1, 0.15) is 0 Å². The van der Waals surface area contributed by atoms with Gasteiger partial charge in [-0.25, -0.2) is 0 Å². The van der Waals surface area contributed by atoms with Crippen LogP contribution in [-0.4, -0.2) is 31.7 Å². The molecule has 1 aliphatic rings. The Bertz CT molecular complexity index is 173. The first-order valence-electron chi connectivity index (χ1n) is 4.85. The monoisotopic (exact) mass is 186 g/mol. The van der Waals surface area contributed by atoms with Crippen LogP contribution in [-0.2, 0) is 9.53 Å². The molecule has 0 bridgehead atoms. The van der Waals surface area contributed by atoms with E-state index in [9.17, 15) is 4.79 Å². The van der Waals surface area contributed by atoms with E-state index in [4.69, 9.17) is 10.5 Å². The number of hydrogen-bond acceptors (Lipinski definition) is 3. The summed E-state index contributed by atoms with van der Waals surface area (Å²) in [6, 6.07) is 0. The highest BCUT2D eigenvalue weighted by atomic mass is 16.5. The summed E-state index contributed by atoms with van der Waals surface area (Å²) in [4.78, 5) is 11.5. The summed E-state index contributed by atoms with van der Waals surface area (Å²) < 4.78 is 5.31. The maximum Gasteiger partial charge on any atom is 0.225 e. The summed E-state index contributed by atoms with van der Waals surface area (Å²) in [6.45, 7) is 3.95. The third kappa shape index (κ3) is 2.97. The average Bonchev–Trinajstić information content (AvgIpc) is 2.52. The second-order valence-electron chi connectivity index (χ2n) is 3.40. The fourth-order valence-electron chi connectivity index (χ4n) is 1.52. The molecule has 76 valence electrons. The standard InChI is InChI=1S/C9H18N2O2/c1-7-8(3-6-13-7)9(12)11-5-2-4-10/h7-8H,2-6,10H2,1H3,(H,11,12). The minimum absolute atomic E-state index is 0.0396. The molecule has 1 rings (SSSR count). The fourth-order valence-corrected chi connectivity index (χ4v) is 1.52. The molecule has 2 unspecified atom stereocenters. The molecule has 0 spiro atoms. The lowest BCUT2D eigenvalue weighted by Crippen LogP contribution is -2.35. The lowest BCUT2D eigenvalue weighted by Gasteiger charge is -2.13. The topological polar surface area (TPSA) is 64.3 Å². The van der Waals surface area contributed by atoms with Crippen molar-refractivity contribution in [2.24, 2.45) is 11.7 Å². The predicted molar refractivity (Wildman–Crippen MR) is 50.2 cm³/mol. The summed E-state index contributed by atoms with van der Waals surface area (Å²) >= 11 is 0. The third-order valence-corrected chi connectivity index (χ3v) is 2.39. The minimum Gasteiger partial charge on any atom is -0.378 e. The molecular formula is C9H18N2O2. The van der Waals surface area contributed by atoms with Crippen LogP contribution in [0.15, 0.2) is 0 Å². The van der Waals surface area contributed by atoms with E-state index in [1.165, 1.54) is 0 Å². The number of nitrogens with two attached hydrogens (primary N) is 1. The summed E-state index contributed by atoms with van der Waals surface area (Å²) in [5.74, 6) is 0.149. The average molecular weight is 186 g/mol. The number of rotatable bonds is 4. The first-order chi connectivity index (χ1) is 6.25. The third-order valence-electron chi connectivity index (χ3n) is 2.39.